The van der Waals surface area contributed by atoms with Gasteiger partial charge in [-0.05, 0) is 58.4 Å². The maximum absolute atomic E-state index is 12.5. The number of rotatable bonds is 3. The molecule has 0 unspecified atom stereocenters. The topological polar surface area (TPSA) is 62.7 Å². The van der Waals surface area contributed by atoms with Crippen molar-refractivity contribution in [1.29, 1.82) is 0 Å². The largest absolute Gasteiger partial charge is 0.474 e. The van der Waals surface area contributed by atoms with Crippen molar-refractivity contribution in [3.8, 4) is 5.88 Å². The van der Waals surface area contributed by atoms with Gasteiger partial charge in [0, 0.05) is 36.2 Å². The molecule has 1 aliphatic heterocycles. The average Bonchev–Trinajstić information content (AvgIpc) is 2.53. The van der Waals surface area contributed by atoms with E-state index in [9.17, 15) is 9.90 Å². The number of amides is 1. The number of hydrogen-bond donors (Lipinski definition) is 1. The van der Waals surface area contributed by atoms with Gasteiger partial charge in [0.2, 0.25) is 11.8 Å². The summed E-state index contributed by atoms with van der Waals surface area (Å²) in [7, 11) is 0. The first kappa shape index (κ1) is 18.1. The summed E-state index contributed by atoms with van der Waals surface area (Å²) < 4.78 is 6.09. The van der Waals surface area contributed by atoms with Crippen molar-refractivity contribution in [2.75, 3.05) is 13.1 Å². The Kier molecular flexibility index (Phi) is 4.43. The Morgan fingerprint density at radius 3 is 2.58 bits per heavy atom. The summed E-state index contributed by atoms with van der Waals surface area (Å²) in [6.07, 6.45) is 7.24. The van der Waals surface area contributed by atoms with Gasteiger partial charge in [0.1, 0.15) is 6.10 Å². The molecule has 1 aromatic rings. The average molecular weight is 379 g/mol. The number of aliphatic hydroxyl groups is 1. The van der Waals surface area contributed by atoms with Crippen LogP contribution in [0.4, 0.5) is 0 Å². The second-order valence-electron chi connectivity index (χ2n) is 8.89. The van der Waals surface area contributed by atoms with E-state index in [0.717, 1.165) is 44.3 Å². The molecule has 5 nitrogen and oxygen atoms in total. The first-order valence-corrected chi connectivity index (χ1v) is 9.93. The second kappa shape index (κ2) is 6.38. The minimum absolute atomic E-state index is 0.0287. The minimum atomic E-state index is -0.633. The van der Waals surface area contributed by atoms with Crippen LogP contribution in [-0.2, 0) is 4.79 Å². The van der Waals surface area contributed by atoms with Gasteiger partial charge in [-0.1, -0.05) is 11.6 Å². The Morgan fingerprint density at radius 2 is 2.00 bits per heavy atom. The van der Waals surface area contributed by atoms with E-state index in [1.165, 1.54) is 0 Å². The summed E-state index contributed by atoms with van der Waals surface area (Å²) >= 11 is 5.95. The zero-order valence-electron chi connectivity index (χ0n) is 15.5. The predicted molar refractivity (Wildman–Crippen MR) is 99.2 cm³/mol. The van der Waals surface area contributed by atoms with E-state index < -0.39 is 5.60 Å². The van der Waals surface area contributed by atoms with Gasteiger partial charge in [0.15, 0.2) is 0 Å². The number of aromatic nitrogens is 1. The highest BCUT2D eigenvalue weighted by Gasteiger charge is 2.51. The lowest BCUT2D eigenvalue weighted by atomic mass is 9.66. The summed E-state index contributed by atoms with van der Waals surface area (Å²) in [5.41, 5.74) is 0.616. The fourth-order valence-electron chi connectivity index (χ4n) is 4.80. The van der Waals surface area contributed by atoms with Gasteiger partial charge in [-0.2, -0.15) is 0 Å². The SMILES string of the molecule is Cc1cc(Cl)cnc1OC1CCC2(CC1)CN(C(=O)C1CC(C)(O)C1)C2. The molecule has 1 N–H and O–H groups in total. The van der Waals surface area contributed by atoms with E-state index in [1.807, 2.05) is 24.8 Å². The van der Waals surface area contributed by atoms with Gasteiger partial charge in [0.25, 0.3) is 0 Å². The van der Waals surface area contributed by atoms with E-state index in [1.54, 1.807) is 6.20 Å². The summed E-state index contributed by atoms with van der Waals surface area (Å²) in [4.78, 5) is 18.8. The number of nitrogens with zero attached hydrogens (tertiary/aromatic N) is 2. The molecule has 6 heteroatoms. The van der Waals surface area contributed by atoms with Crippen LogP contribution in [0.3, 0.4) is 0 Å². The molecule has 0 bridgehead atoms. The Hall–Kier alpha value is -1.33. The van der Waals surface area contributed by atoms with E-state index in [4.69, 9.17) is 16.3 Å². The Balaban J connectivity index is 1.25. The molecule has 2 saturated carbocycles. The summed E-state index contributed by atoms with van der Waals surface area (Å²) in [6, 6.07) is 1.88. The number of hydrogen-bond acceptors (Lipinski definition) is 4. The van der Waals surface area contributed by atoms with Crippen LogP contribution in [0.5, 0.6) is 5.88 Å². The molecule has 1 spiro atoms. The highest BCUT2D eigenvalue weighted by atomic mass is 35.5. The number of aryl methyl sites for hydroxylation is 1. The highest BCUT2D eigenvalue weighted by Crippen LogP contribution is 2.47. The predicted octanol–water partition coefficient (Wildman–Crippen LogP) is 3.35. The lowest BCUT2D eigenvalue weighted by Crippen LogP contribution is -2.63. The van der Waals surface area contributed by atoms with E-state index >= 15 is 0 Å². The Labute approximate surface area is 159 Å². The first-order chi connectivity index (χ1) is 12.3. The zero-order chi connectivity index (χ0) is 18.5. The van der Waals surface area contributed by atoms with Crippen molar-refractivity contribution < 1.29 is 14.6 Å². The van der Waals surface area contributed by atoms with E-state index in [0.29, 0.717) is 23.7 Å². The summed E-state index contributed by atoms with van der Waals surface area (Å²) in [5, 5.41) is 10.5. The van der Waals surface area contributed by atoms with Crippen LogP contribution in [0.15, 0.2) is 12.3 Å². The van der Waals surface area contributed by atoms with Crippen LogP contribution in [0, 0.1) is 18.3 Å². The Morgan fingerprint density at radius 1 is 1.35 bits per heavy atom. The fourth-order valence-corrected chi connectivity index (χ4v) is 5.01. The third kappa shape index (κ3) is 3.44. The van der Waals surface area contributed by atoms with Crippen molar-refractivity contribution >= 4 is 17.5 Å². The molecular formula is C20H27ClN2O3. The molecule has 1 saturated heterocycles. The number of ether oxygens (including phenoxy) is 1. The monoisotopic (exact) mass is 378 g/mol. The molecule has 0 radical (unpaired) electrons. The molecule has 4 rings (SSSR count). The van der Waals surface area contributed by atoms with Gasteiger partial charge >= 0.3 is 0 Å². The number of carbonyl (C=O) groups is 1. The lowest BCUT2D eigenvalue weighted by molar-refractivity contribution is -0.164. The maximum atomic E-state index is 12.5. The molecule has 0 aromatic carbocycles. The zero-order valence-corrected chi connectivity index (χ0v) is 16.3. The molecule has 1 amide bonds. The van der Waals surface area contributed by atoms with E-state index in [2.05, 4.69) is 4.98 Å². The third-order valence-electron chi connectivity index (χ3n) is 6.35. The van der Waals surface area contributed by atoms with Gasteiger partial charge < -0.3 is 14.7 Å². The lowest BCUT2D eigenvalue weighted by Gasteiger charge is -2.55. The van der Waals surface area contributed by atoms with Crippen LogP contribution in [-0.4, -0.2) is 45.7 Å². The molecule has 26 heavy (non-hydrogen) atoms. The number of likely N-dealkylation sites (tertiary alicyclic amines) is 1. The van der Waals surface area contributed by atoms with Gasteiger partial charge in [0.05, 0.1) is 10.6 Å². The van der Waals surface area contributed by atoms with Crippen molar-refractivity contribution in [2.24, 2.45) is 11.3 Å². The van der Waals surface area contributed by atoms with Crippen LogP contribution in [0.1, 0.15) is 51.0 Å². The number of halogens is 1. The van der Waals surface area contributed by atoms with Crippen molar-refractivity contribution in [1.82, 2.24) is 9.88 Å². The van der Waals surface area contributed by atoms with Gasteiger partial charge in [-0.25, -0.2) is 4.98 Å². The second-order valence-corrected chi connectivity index (χ2v) is 9.33. The smallest absolute Gasteiger partial charge is 0.225 e. The molecule has 2 aliphatic carbocycles. The van der Waals surface area contributed by atoms with Gasteiger partial charge in [-0.15, -0.1) is 0 Å². The molecule has 2 heterocycles. The van der Waals surface area contributed by atoms with Crippen LogP contribution in [0.2, 0.25) is 5.02 Å². The van der Waals surface area contributed by atoms with Crippen molar-refractivity contribution in [3.05, 3.63) is 22.8 Å². The molecular weight excluding hydrogens is 352 g/mol. The quantitative estimate of drug-likeness (QED) is 0.876. The Bertz CT molecular complexity index is 697. The summed E-state index contributed by atoms with van der Waals surface area (Å²) in [6.45, 7) is 5.52. The highest BCUT2D eigenvalue weighted by molar-refractivity contribution is 6.30. The standard InChI is InChI=1S/C20H27ClN2O3/c1-13-7-15(21)10-22-17(13)26-16-3-5-20(6-4-16)11-23(12-20)18(24)14-8-19(2,25)9-14/h7,10,14,16,25H,3-6,8-9,11-12H2,1-2H3. The molecule has 0 atom stereocenters. The summed E-state index contributed by atoms with van der Waals surface area (Å²) in [5.74, 6) is 0.945. The maximum Gasteiger partial charge on any atom is 0.225 e. The molecule has 142 valence electrons. The normalized spacial score (nSPS) is 30.6. The number of pyridine rings is 1. The van der Waals surface area contributed by atoms with Crippen LogP contribution in [0.25, 0.3) is 0 Å². The molecule has 1 aromatic heterocycles. The fraction of sp³-hybridized carbons (Fsp3) is 0.700. The number of carbonyl (C=O) groups excluding carboxylic acids is 1. The van der Waals surface area contributed by atoms with E-state index in [-0.39, 0.29) is 23.3 Å². The van der Waals surface area contributed by atoms with Gasteiger partial charge in [-0.3, -0.25) is 4.79 Å². The van der Waals surface area contributed by atoms with Crippen molar-refractivity contribution in [3.63, 3.8) is 0 Å². The minimum Gasteiger partial charge on any atom is -0.474 e. The van der Waals surface area contributed by atoms with Crippen LogP contribution >= 0.6 is 11.6 Å². The molecule has 3 aliphatic rings. The molecule has 3 fully saturated rings. The van der Waals surface area contributed by atoms with Crippen molar-refractivity contribution in [2.45, 2.75) is 64.1 Å². The third-order valence-corrected chi connectivity index (χ3v) is 6.56. The first-order valence-electron chi connectivity index (χ1n) is 9.55. The van der Waals surface area contributed by atoms with Crippen LogP contribution < -0.4 is 4.74 Å².